The van der Waals surface area contributed by atoms with Gasteiger partial charge in [0.15, 0.2) is 5.96 Å². The predicted octanol–water partition coefficient (Wildman–Crippen LogP) is 3.27. The summed E-state index contributed by atoms with van der Waals surface area (Å²) in [5, 5.41) is 7.38. The third kappa shape index (κ3) is 7.31. The van der Waals surface area contributed by atoms with Gasteiger partial charge < -0.3 is 15.5 Å². The Balaban J connectivity index is 2.00. The molecule has 144 valence electrons. The number of nitrogens with zero attached hydrogens (tertiary/aromatic N) is 2. The van der Waals surface area contributed by atoms with E-state index in [4.69, 9.17) is 11.6 Å². The van der Waals surface area contributed by atoms with Crippen LogP contribution in [0.15, 0.2) is 59.6 Å². The van der Waals surface area contributed by atoms with Crippen LogP contribution in [0.2, 0.25) is 5.02 Å². The summed E-state index contributed by atoms with van der Waals surface area (Å²) in [5.41, 5.74) is 2.34. The van der Waals surface area contributed by atoms with Gasteiger partial charge in [-0.3, -0.25) is 4.79 Å². The molecule has 0 radical (unpaired) electrons. The first-order valence-corrected chi connectivity index (χ1v) is 9.38. The van der Waals surface area contributed by atoms with Gasteiger partial charge in [-0.2, -0.15) is 0 Å². The standard InChI is InChI=1S/C21H27ClN4O/c1-16(18-9-11-19(22)12-10-18)25-21(24-15-20(27)26(2)3)23-14-13-17-7-5-4-6-8-17/h4-12,16H,13-15H2,1-3H3,(H2,23,24,25). The Labute approximate surface area is 166 Å². The van der Waals surface area contributed by atoms with E-state index in [0.29, 0.717) is 11.0 Å². The van der Waals surface area contributed by atoms with Crippen molar-refractivity contribution in [3.8, 4) is 0 Å². The summed E-state index contributed by atoms with van der Waals surface area (Å²) >= 11 is 5.96. The summed E-state index contributed by atoms with van der Waals surface area (Å²) in [6.07, 6.45) is 0.874. The molecule has 5 nitrogen and oxygen atoms in total. The number of amides is 1. The molecular weight excluding hydrogens is 360 g/mol. The Morgan fingerprint density at radius 2 is 1.78 bits per heavy atom. The van der Waals surface area contributed by atoms with Crippen molar-refractivity contribution >= 4 is 23.5 Å². The van der Waals surface area contributed by atoms with Gasteiger partial charge in [0.2, 0.25) is 5.91 Å². The molecule has 1 atom stereocenters. The lowest BCUT2D eigenvalue weighted by molar-refractivity contribution is -0.127. The molecular formula is C21H27ClN4O. The fourth-order valence-electron chi connectivity index (χ4n) is 2.45. The summed E-state index contributed by atoms with van der Waals surface area (Å²) in [6, 6.07) is 18.0. The zero-order valence-electron chi connectivity index (χ0n) is 16.1. The summed E-state index contributed by atoms with van der Waals surface area (Å²) in [6.45, 7) is 2.87. The highest BCUT2D eigenvalue weighted by atomic mass is 35.5. The first-order valence-electron chi connectivity index (χ1n) is 9.00. The number of rotatable bonds is 7. The number of halogens is 1. The van der Waals surface area contributed by atoms with Gasteiger partial charge in [-0.15, -0.1) is 0 Å². The van der Waals surface area contributed by atoms with Crippen LogP contribution in [-0.4, -0.2) is 44.0 Å². The number of benzene rings is 2. The molecule has 0 aliphatic carbocycles. The van der Waals surface area contributed by atoms with Crippen LogP contribution in [0, 0.1) is 0 Å². The van der Waals surface area contributed by atoms with Crippen LogP contribution in [-0.2, 0) is 11.2 Å². The minimum atomic E-state index is -0.0432. The Morgan fingerprint density at radius 3 is 2.41 bits per heavy atom. The zero-order chi connectivity index (χ0) is 19.6. The van der Waals surface area contributed by atoms with Crippen molar-refractivity contribution in [3.63, 3.8) is 0 Å². The van der Waals surface area contributed by atoms with Gasteiger partial charge in [0.25, 0.3) is 0 Å². The number of carbonyl (C=O) groups is 1. The molecule has 1 unspecified atom stereocenters. The average Bonchev–Trinajstić information content (AvgIpc) is 2.66. The van der Waals surface area contributed by atoms with Gasteiger partial charge >= 0.3 is 0 Å². The molecule has 2 aromatic carbocycles. The molecule has 2 aromatic rings. The van der Waals surface area contributed by atoms with E-state index in [1.165, 1.54) is 10.5 Å². The van der Waals surface area contributed by atoms with E-state index in [9.17, 15) is 4.79 Å². The Morgan fingerprint density at radius 1 is 1.11 bits per heavy atom. The largest absolute Gasteiger partial charge is 0.356 e. The van der Waals surface area contributed by atoms with Crippen LogP contribution in [0.5, 0.6) is 0 Å². The fourth-order valence-corrected chi connectivity index (χ4v) is 2.58. The number of hydrogen-bond acceptors (Lipinski definition) is 2. The van der Waals surface area contributed by atoms with Crippen LogP contribution in [0.4, 0.5) is 0 Å². The maximum atomic E-state index is 11.9. The number of nitrogens with one attached hydrogen (secondary N) is 2. The summed E-state index contributed by atoms with van der Waals surface area (Å²) in [7, 11) is 3.45. The highest BCUT2D eigenvalue weighted by Gasteiger charge is 2.10. The fraction of sp³-hybridized carbons (Fsp3) is 0.333. The number of guanidine groups is 1. The van der Waals surface area contributed by atoms with Gasteiger partial charge in [-0.1, -0.05) is 54.1 Å². The molecule has 0 saturated heterocycles. The van der Waals surface area contributed by atoms with Gasteiger partial charge in [0, 0.05) is 25.7 Å². The third-order valence-electron chi connectivity index (χ3n) is 4.14. The Kier molecular flexibility index (Phi) is 8.14. The topological polar surface area (TPSA) is 56.7 Å². The number of carbonyl (C=O) groups excluding carboxylic acids is 1. The summed E-state index contributed by atoms with van der Waals surface area (Å²) < 4.78 is 0. The first-order chi connectivity index (χ1) is 13.0. The number of aliphatic imine (C=N–C) groups is 1. The molecule has 2 N–H and O–H groups in total. The molecule has 27 heavy (non-hydrogen) atoms. The predicted molar refractivity (Wildman–Crippen MR) is 112 cm³/mol. The van der Waals surface area contributed by atoms with Gasteiger partial charge in [0.1, 0.15) is 6.54 Å². The average molecular weight is 387 g/mol. The number of likely N-dealkylation sites (N-methyl/N-ethyl adjacent to an activating group) is 1. The molecule has 2 rings (SSSR count). The second kappa shape index (κ2) is 10.6. The van der Waals surface area contributed by atoms with Crippen molar-refractivity contribution in [3.05, 3.63) is 70.7 Å². The van der Waals surface area contributed by atoms with Crippen molar-refractivity contribution in [2.24, 2.45) is 4.99 Å². The second-order valence-corrected chi connectivity index (χ2v) is 6.97. The molecule has 0 aromatic heterocycles. The van der Waals surface area contributed by atoms with Crippen molar-refractivity contribution in [1.82, 2.24) is 15.5 Å². The van der Waals surface area contributed by atoms with Crippen molar-refractivity contribution in [2.75, 3.05) is 27.2 Å². The smallest absolute Gasteiger partial charge is 0.243 e. The van der Waals surface area contributed by atoms with Crippen molar-refractivity contribution in [1.29, 1.82) is 0 Å². The SMILES string of the molecule is CC(NC(=NCC(=O)N(C)C)NCCc1ccccc1)c1ccc(Cl)cc1. The molecule has 1 amide bonds. The minimum Gasteiger partial charge on any atom is -0.356 e. The number of hydrogen-bond donors (Lipinski definition) is 2. The quantitative estimate of drug-likeness (QED) is 0.567. The maximum absolute atomic E-state index is 11.9. The van der Waals surface area contributed by atoms with E-state index in [0.717, 1.165) is 18.5 Å². The van der Waals surface area contributed by atoms with Gasteiger partial charge in [0.05, 0.1) is 6.04 Å². The molecule has 0 heterocycles. The first kappa shape index (κ1) is 20.8. The van der Waals surface area contributed by atoms with Crippen molar-refractivity contribution < 1.29 is 4.79 Å². The summed E-state index contributed by atoms with van der Waals surface area (Å²) in [4.78, 5) is 17.9. The van der Waals surface area contributed by atoms with E-state index in [1.807, 2.05) is 49.4 Å². The second-order valence-electron chi connectivity index (χ2n) is 6.53. The van der Waals surface area contributed by atoms with E-state index in [1.54, 1.807) is 14.1 Å². The highest BCUT2D eigenvalue weighted by Crippen LogP contribution is 2.15. The van der Waals surface area contributed by atoms with Crippen LogP contribution in [0.3, 0.4) is 0 Å². The molecule has 0 aliphatic rings. The van der Waals surface area contributed by atoms with Crippen LogP contribution < -0.4 is 10.6 Å². The van der Waals surface area contributed by atoms with Crippen LogP contribution in [0.1, 0.15) is 24.1 Å². The Hall–Kier alpha value is -2.53. The minimum absolute atomic E-state index is 0.0275. The highest BCUT2D eigenvalue weighted by molar-refractivity contribution is 6.30. The maximum Gasteiger partial charge on any atom is 0.243 e. The lowest BCUT2D eigenvalue weighted by atomic mass is 10.1. The molecule has 6 heteroatoms. The zero-order valence-corrected chi connectivity index (χ0v) is 16.8. The molecule has 0 saturated carbocycles. The van der Waals surface area contributed by atoms with Gasteiger partial charge in [-0.05, 0) is 36.6 Å². The van der Waals surface area contributed by atoms with E-state index in [-0.39, 0.29) is 18.5 Å². The summed E-state index contributed by atoms with van der Waals surface area (Å²) in [5.74, 6) is 0.571. The Bertz CT molecular complexity index is 745. The third-order valence-corrected chi connectivity index (χ3v) is 4.40. The van der Waals surface area contributed by atoms with Crippen LogP contribution in [0.25, 0.3) is 0 Å². The molecule has 0 aliphatic heterocycles. The van der Waals surface area contributed by atoms with E-state index in [2.05, 4.69) is 27.8 Å². The van der Waals surface area contributed by atoms with Crippen LogP contribution >= 0.6 is 11.6 Å². The molecule has 0 spiro atoms. The van der Waals surface area contributed by atoms with Gasteiger partial charge in [-0.25, -0.2) is 4.99 Å². The van der Waals surface area contributed by atoms with E-state index < -0.39 is 0 Å². The normalized spacial score (nSPS) is 12.4. The van der Waals surface area contributed by atoms with Crippen molar-refractivity contribution in [2.45, 2.75) is 19.4 Å². The monoisotopic (exact) mass is 386 g/mol. The van der Waals surface area contributed by atoms with E-state index >= 15 is 0 Å². The lowest BCUT2D eigenvalue weighted by Gasteiger charge is -2.19. The molecule has 0 bridgehead atoms. The molecule has 0 fully saturated rings. The lowest BCUT2D eigenvalue weighted by Crippen LogP contribution is -2.40.